The van der Waals surface area contributed by atoms with E-state index in [2.05, 4.69) is 0 Å². The Morgan fingerprint density at radius 3 is 2.58 bits per heavy atom. The summed E-state index contributed by atoms with van der Waals surface area (Å²) >= 11 is 5.37. The topological polar surface area (TPSA) is 0 Å². The molecule has 0 saturated heterocycles. The van der Waals surface area contributed by atoms with E-state index in [1.807, 2.05) is 6.92 Å². The minimum absolute atomic E-state index is 0.402. The molecule has 1 rings (SSSR count). The smallest absolute Gasteiger partial charge is 0.147 e. The maximum absolute atomic E-state index is 13.1. The Morgan fingerprint density at radius 2 is 2.00 bits per heavy atom. The summed E-state index contributed by atoms with van der Waals surface area (Å²) in [5.41, 5.74) is 0.476. The molecule has 0 bridgehead atoms. The largest absolute Gasteiger partial charge is 0.205 e. The number of halogens is 3. The Morgan fingerprint density at radius 1 is 1.33 bits per heavy atom. The zero-order chi connectivity index (χ0) is 9.14. The van der Waals surface area contributed by atoms with Crippen LogP contribution in [0.25, 0.3) is 0 Å². The van der Waals surface area contributed by atoms with Crippen LogP contribution in [-0.4, -0.2) is 0 Å². The van der Waals surface area contributed by atoms with Gasteiger partial charge in [-0.15, -0.1) is 0 Å². The molecule has 0 spiro atoms. The first-order valence-corrected chi connectivity index (χ1v) is 4.17. The second-order valence-electron chi connectivity index (χ2n) is 2.58. The average Bonchev–Trinajstić information content (AvgIpc) is 2.07. The second-order valence-corrected chi connectivity index (χ2v) is 2.96. The Bertz CT molecular complexity index is 284. The van der Waals surface area contributed by atoms with Gasteiger partial charge in [-0.25, -0.2) is 8.78 Å². The molecule has 0 unspecified atom stereocenters. The zero-order valence-corrected chi connectivity index (χ0v) is 7.46. The van der Waals surface area contributed by atoms with Crippen molar-refractivity contribution in [1.29, 1.82) is 0 Å². The van der Waals surface area contributed by atoms with Gasteiger partial charge in [-0.1, -0.05) is 31.0 Å². The highest BCUT2D eigenvalue weighted by atomic mass is 35.5. The summed E-state index contributed by atoms with van der Waals surface area (Å²) in [5.74, 6) is -1.33. The summed E-state index contributed by atoms with van der Waals surface area (Å²) in [6.07, 6.45) is 1.41. The molecule has 0 aliphatic rings. The molecular weight excluding hydrogens is 182 g/mol. The number of aryl methyl sites for hydroxylation is 1. The van der Waals surface area contributed by atoms with E-state index in [0.29, 0.717) is 12.0 Å². The molecule has 0 saturated carbocycles. The van der Waals surface area contributed by atoms with E-state index in [1.165, 1.54) is 12.1 Å². The molecule has 0 N–H and O–H groups in total. The van der Waals surface area contributed by atoms with Gasteiger partial charge in [0.05, 0.1) is 0 Å². The summed E-state index contributed by atoms with van der Waals surface area (Å²) in [5, 5.41) is -0.402. The predicted octanol–water partition coefficient (Wildman–Crippen LogP) is 3.57. The van der Waals surface area contributed by atoms with Crippen LogP contribution >= 0.6 is 11.6 Å². The average molecular weight is 191 g/mol. The highest BCUT2D eigenvalue weighted by molar-refractivity contribution is 6.30. The third-order valence-corrected chi connectivity index (χ3v) is 1.98. The summed E-state index contributed by atoms with van der Waals surface area (Å²) in [7, 11) is 0. The minimum atomic E-state index is -0.700. The fraction of sp³-hybridized carbons (Fsp3) is 0.333. The van der Waals surface area contributed by atoms with Crippen LogP contribution in [0, 0.1) is 11.6 Å². The lowest BCUT2D eigenvalue weighted by molar-refractivity contribution is 0.571. The molecule has 0 atom stereocenters. The van der Waals surface area contributed by atoms with E-state index in [1.54, 1.807) is 0 Å². The molecule has 0 aliphatic carbocycles. The molecular formula is C9H9ClF2. The second kappa shape index (κ2) is 3.85. The van der Waals surface area contributed by atoms with Crippen molar-refractivity contribution >= 4 is 11.6 Å². The molecule has 0 radical (unpaired) electrons. The monoisotopic (exact) mass is 190 g/mol. The molecule has 0 aliphatic heterocycles. The quantitative estimate of drug-likeness (QED) is 0.626. The number of benzene rings is 1. The van der Waals surface area contributed by atoms with Crippen LogP contribution in [0.3, 0.4) is 0 Å². The lowest BCUT2D eigenvalue weighted by Gasteiger charge is -2.02. The molecule has 0 aromatic heterocycles. The highest BCUT2D eigenvalue weighted by Crippen LogP contribution is 2.22. The van der Waals surface area contributed by atoms with Crippen molar-refractivity contribution in [3.8, 4) is 0 Å². The molecule has 1 aromatic carbocycles. The lowest BCUT2D eigenvalue weighted by Crippen LogP contribution is -1.92. The van der Waals surface area contributed by atoms with Crippen molar-refractivity contribution in [3.05, 3.63) is 34.4 Å². The third-order valence-electron chi connectivity index (χ3n) is 1.63. The summed E-state index contributed by atoms with van der Waals surface area (Å²) in [6.45, 7) is 1.93. The Kier molecular flexibility index (Phi) is 3.04. The van der Waals surface area contributed by atoms with Crippen LogP contribution in [0.4, 0.5) is 8.78 Å². The van der Waals surface area contributed by atoms with Crippen LogP contribution in [0.1, 0.15) is 18.9 Å². The van der Waals surface area contributed by atoms with E-state index in [-0.39, 0.29) is 0 Å². The van der Waals surface area contributed by atoms with Crippen molar-refractivity contribution in [3.63, 3.8) is 0 Å². The van der Waals surface area contributed by atoms with E-state index in [0.717, 1.165) is 6.42 Å². The molecule has 0 amide bonds. The van der Waals surface area contributed by atoms with E-state index < -0.39 is 16.7 Å². The first-order valence-electron chi connectivity index (χ1n) is 3.79. The summed E-state index contributed by atoms with van der Waals surface area (Å²) < 4.78 is 25.7. The molecule has 0 heterocycles. The predicted molar refractivity (Wildman–Crippen MR) is 45.4 cm³/mol. The Hall–Kier alpha value is -0.630. The van der Waals surface area contributed by atoms with Gasteiger partial charge < -0.3 is 0 Å². The van der Waals surface area contributed by atoms with Crippen molar-refractivity contribution in [2.45, 2.75) is 19.8 Å². The maximum Gasteiger partial charge on any atom is 0.147 e. The minimum Gasteiger partial charge on any atom is -0.205 e. The van der Waals surface area contributed by atoms with Gasteiger partial charge >= 0.3 is 0 Å². The van der Waals surface area contributed by atoms with Gasteiger partial charge in [0.2, 0.25) is 0 Å². The van der Waals surface area contributed by atoms with Crippen LogP contribution in [0.2, 0.25) is 5.02 Å². The highest BCUT2D eigenvalue weighted by Gasteiger charge is 2.09. The standard InChI is InChI=1S/C9H9ClF2/c1-2-3-6-4-5-7(11)8(10)9(6)12/h4-5H,2-3H2,1H3. The number of hydrogen-bond donors (Lipinski definition) is 0. The number of rotatable bonds is 2. The van der Waals surface area contributed by atoms with E-state index in [4.69, 9.17) is 11.6 Å². The van der Waals surface area contributed by atoms with Crippen molar-refractivity contribution < 1.29 is 8.78 Å². The van der Waals surface area contributed by atoms with Gasteiger partial charge in [0.15, 0.2) is 0 Å². The van der Waals surface area contributed by atoms with Gasteiger partial charge in [-0.05, 0) is 18.1 Å². The first-order chi connectivity index (χ1) is 5.66. The molecule has 0 fully saturated rings. The normalized spacial score (nSPS) is 10.3. The fourth-order valence-electron chi connectivity index (χ4n) is 1.03. The zero-order valence-electron chi connectivity index (χ0n) is 6.70. The lowest BCUT2D eigenvalue weighted by atomic mass is 10.1. The van der Waals surface area contributed by atoms with Crippen molar-refractivity contribution in [2.24, 2.45) is 0 Å². The summed E-state index contributed by atoms with van der Waals surface area (Å²) in [6, 6.07) is 2.62. The first kappa shape index (κ1) is 9.46. The summed E-state index contributed by atoms with van der Waals surface area (Å²) in [4.78, 5) is 0. The van der Waals surface area contributed by atoms with E-state index >= 15 is 0 Å². The molecule has 1 aromatic rings. The molecule has 3 heteroatoms. The van der Waals surface area contributed by atoms with Gasteiger partial charge in [-0.3, -0.25) is 0 Å². The van der Waals surface area contributed by atoms with E-state index in [9.17, 15) is 8.78 Å². The Labute approximate surface area is 75.2 Å². The fourth-order valence-corrected chi connectivity index (χ4v) is 1.21. The van der Waals surface area contributed by atoms with Gasteiger partial charge in [0.25, 0.3) is 0 Å². The number of hydrogen-bond acceptors (Lipinski definition) is 0. The van der Waals surface area contributed by atoms with Crippen molar-refractivity contribution in [1.82, 2.24) is 0 Å². The molecule has 0 nitrogen and oxygen atoms in total. The third kappa shape index (κ3) is 1.75. The van der Waals surface area contributed by atoms with Gasteiger partial charge in [-0.2, -0.15) is 0 Å². The molecule has 66 valence electrons. The van der Waals surface area contributed by atoms with Gasteiger partial charge in [0, 0.05) is 0 Å². The maximum atomic E-state index is 13.1. The van der Waals surface area contributed by atoms with Crippen LogP contribution < -0.4 is 0 Å². The SMILES string of the molecule is CCCc1ccc(F)c(Cl)c1F. The van der Waals surface area contributed by atoms with Crippen LogP contribution in [-0.2, 0) is 6.42 Å². The van der Waals surface area contributed by atoms with Crippen molar-refractivity contribution in [2.75, 3.05) is 0 Å². The van der Waals surface area contributed by atoms with Crippen LogP contribution in [0.5, 0.6) is 0 Å². The Balaban J connectivity index is 3.08. The molecule has 12 heavy (non-hydrogen) atoms. The van der Waals surface area contributed by atoms with Gasteiger partial charge in [0.1, 0.15) is 16.7 Å². The van der Waals surface area contributed by atoms with Crippen LogP contribution in [0.15, 0.2) is 12.1 Å².